The molecular formula is C18H19NO4. The molecule has 5 heteroatoms. The average molecular weight is 313 g/mol. The topological polar surface area (TPSA) is 56.8 Å². The number of amides is 1. The fraction of sp³-hybridized carbons (Fsp3) is 0.167. The molecule has 23 heavy (non-hydrogen) atoms. The molecule has 2 aromatic rings. The smallest absolute Gasteiger partial charge is 0.259 e. The third-order valence-electron chi connectivity index (χ3n) is 3.13. The van der Waals surface area contributed by atoms with Gasteiger partial charge in [-0.15, -0.1) is 0 Å². The van der Waals surface area contributed by atoms with E-state index in [4.69, 9.17) is 14.2 Å². The molecule has 0 aliphatic rings. The monoisotopic (exact) mass is 313 g/mol. The fourth-order valence-electron chi connectivity index (χ4n) is 2.05. The zero-order valence-corrected chi connectivity index (χ0v) is 13.2. The second-order valence-electron chi connectivity index (χ2n) is 4.62. The van der Waals surface area contributed by atoms with Crippen LogP contribution in [-0.2, 0) is 0 Å². The molecule has 2 aromatic carbocycles. The van der Waals surface area contributed by atoms with Crippen LogP contribution in [0.15, 0.2) is 55.1 Å². The van der Waals surface area contributed by atoms with Crippen LogP contribution in [-0.4, -0.2) is 26.7 Å². The maximum Gasteiger partial charge on any atom is 0.259 e. The standard InChI is InChI=1S/C18H19NO4/c1-4-12-23-14-10-8-13(9-11-14)19-18(20)15-6-5-7-16(21-2)17(15)22-3/h4-11H,1,12H2,2-3H3,(H,19,20). The van der Waals surface area contributed by atoms with Crippen LogP contribution >= 0.6 is 0 Å². The predicted molar refractivity (Wildman–Crippen MR) is 89.6 cm³/mol. The Kier molecular flexibility index (Phi) is 5.63. The second-order valence-corrected chi connectivity index (χ2v) is 4.62. The number of nitrogens with one attached hydrogen (secondary N) is 1. The number of ether oxygens (including phenoxy) is 3. The van der Waals surface area contributed by atoms with Crippen LogP contribution in [0.5, 0.6) is 17.2 Å². The molecule has 0 bridgehead atoms. The molecular weight excluding hydrogens is 294 g/mol. The molecule has 0 aliphatic carbocycles. The quantitative estimate of drug-likeness (QED) is 0.795. The number of hydrogen-bond acceptors (Lipinski definition) is 4. The molecule has 0 aromatic heterocycles. The van der Waals surface area contributed by atoms with Gasteiger partial charge in [-0.05, 0) is 36.4 Å². The molecule has 0 saturated heterocycles. The van der Waals surface area contributed by atoms with Crippen molar-refractivity contribution in [2.24, 2.45) is 0 Å². The summed E-state index contributed by atoms with van der Waals surface area (Å²) in [5.41, 5.74) is 1.06. The number of benzene rings is 2. The van der Waals surface area contributed by atoms with E-state index >= 15 is 0 Å². The van der Waals surface area contributed by atoms with Crippen molar-refractivity contribution in [3.63, 3.8) is 0 Å². The third kappa shape index (κ3) is 4.03. The summed E-state index contributed by atoms with van der Waals surface area (Å²) in [4.78, 5) is 12.4. The van der Waals surface area contributed by atoms with Crippen LogP contribution in [0.2, 0.25) is 0 Å². The molecule has 120 valence electrons. The summed E-state index contributed by atoms with van der Waals surface area (Å²) >= 11 is 0. The molecule has 1 amide bonds. The van der Waals surface area contributed by atoms with Crippen molar-refractivity contribution in [3.05, 3.63) is 60.7 Å². The van der Waals surface area contributed by atoms with Gasteiger partial charge in [-0.2, -0.15) is 0 Å². The summed E-state index contributed by atoms with van der Waals surface area (Å²) in [6, 6.07) is 12.2. The SMILES string of the molecule is C=CCOc1ccc(NC(=O)c2cccc(OC)c2OC)cc1. The number of anilines is 1. The van der Waals surface area contributed by atoms with Gasteiger partial charge in [0.15, 0.2) is 11.5 Å². The maximum atomic E-state index is 12.4. The lowest BCUT2D eigenvalue weighted by Gasteiger charge is -2.12. The van der Waals surface area contributed by atoms with E-state index in [1.165, 1.54) is 14.2 Å². The van der Waals surface area contributed by atoms with Crippen molar-refractivity contribution in [1.29, 1.82) is 0 Å². The van der Waals surface area contributed by atoms with E-state index in [2.05, 4.69) is 11.9 Å². The Bertz CT molecular complexity index is 680. The van der Waals surface area contributed by atoms with Gasteiger partial charge in [0.2, 0.25) is 0 Å². The van der Waals surface area contributed by atoms with Crippen LogP contribution in [0, 0.1) is 0 Å². The average Bonchev–Trinajstić information content (AvgIpc) is 2.60. The summed E-state index contributed by atoms with van der Waals surface area (Å²) in [7, 11) is 3.03. The first kappa shape index (κ1) is 16.4. The van der Waals surface area contributed by atoms with Gasteiger partial charge in [0.25, 0.3) is 5.91 Å². The van der Waals surface area contributed by atoms with Crippen molar-refractivity contribution in [2.45, 2.75) is 0 Å². The van der Waals surface area contributed by atoms with Gasteiger partial charge in [-0.25, -0.2) is 0 Å². The van der Waals surface area contributed by atoms with Gasteiger partial charge < -0.3 is 19.5 Å². The van der Waals surface area contributed by atoms with Crippen molar-refractivity contribution in [2.75, 3.05) is 26.1 Å². The minimum atomic E-state index is -0.277. The van der Waals surface area contributed by atoms with Crippen LogP contribution < -0.4 is 19.5 Å². The lowest BCUT2D eigenvalue weighted by molar-refractivity contribution is 0.102. The van der Waals surface area contributed by atoms with Crippen LogP contribution in [0.1, 0.15) is 10.4 Å². The molecule has 0 spiro atoms. The first-order chi connectivity index (χ1) is 11.2. The van der Waals surface area contributed by atoms with Gasteiger partial charge in [0, 0.05) is 5.69 Å². The molecule has 0 radical (unpaired) electrons. The van der Waals surface area contributed by atoms with Gasteiger partial charge >= 0.3 is 0 Å². The molecule has 0 fully saturated rings. The lowest BCUT2D eigenvalue weighted by atomic mass is 10.1. The van der Waals surface area contributed by atoms with Crippen molar-refractivity contribution >= 4 is 11.6 Å². The zero-order chi connectivity index (χ0) is 16.7. The highest BCUT2D eigenvalue weighted by atomic mass is 16.5. The zero-order valence-electron chi connectivity index (χ0n) is 13.2. The molecule has 0 saturated carbocycles. The molecule has 0 aliphatic heterocycles. The fourth-order valence-corrected chi connectivity index (χ4v) is 2.05. The van der Waals surface area contributed by atoms with Gasteiger partial charge in [-0.1, -0.05) is 18.7 Å². The van der Waals surface area contributed by atoms with Gasteiger partial charge in [0.05, 0.1) is 19.8 Å². The Hall–Kier alpha value is -2.95. The molecule has 2 rings (SSSR count). The first-order valence-electron chi connectivity index (χ1n) is 7.05. The largest absolute Gasteiger partial charge is 0.493 e. The number of carbonyl (C=O) groups excluding carboxylic acids is 1. The van der Waals surface area contributed by atoms with Crippen LogP contribution in [0.3, 0.4) is 0 Å². The van der Waals surface area contributed by atoms with E-state index in [1.54, 1.807) is 48.5 Å². The molecule has 5 nitrogen and oxygen atoms in total. The van der Waals surface area contributed by atoms with Crippen molar-refractivity contribution in [3.8, 4) is 17.2 Å². The Labute approximate surface area is 135 Å². The third-order valence-corrected chi connectivity index (χ3v) is 3.13. The molecule has 0 heterocycles. The van der Waals surface area contributed by atoms with E-state index in [9.17, 15) is 4.79 Å². The highest BCUT2D eigenvalue weighted by Gasteiger charge is 2.16. The highest BCUT2D eigenvalue weighted by molar-refractivity contribution is 6.06. The van der Waals surface area contributed by atoms with Crippen LogP contribution in [0.4, 0.5) is 5.69 Å². The van der Waals surface area contributed by atoms with Gasteiger partial charge in [-0.3, -0.25) is 4.79 Å². The summed E-state index contributed by atoms with van der Waals surface area (Å²) in [6.07, 6.45) is 1.67. The summed E-state index contributed by atoms with van der Waals surface area (Å²) < 4.78 is 15.9. The lowest BCUT2D eigenvalue weighted by Crippen LogP contribution is -2.13. The van der Waals surface area contributed by atoms with Crippen molar-refractivity contribution in [1.82, 2.24) is 0 Å². The minimum absolute atomic E-state index is 0.277. The van der Waals surface area contributed by atoms with E-state index in [0.717, 1.165) is 0 Å². The minimum Gasteiger partial charge on any atom is -0.493 e. The predicted octanol–water partition coefficient (Wildman–Crippen LogP) is 3.52. The molecule has 1 N–H and O–H groups in total. The van der Waals surface area contributed by atoms with E-state index < -0.39 is 0 Å². The second kappa shape index (κ2) is 7.89. The van der Waals surface area contributed by atoms with Crippen molar-refractivity contribution < 1.29 is 19.0 Å². The number of rotatable bonds is 7. The van der Waals surface area contributed by atoms with E-state index in [-0.39, 0.29) is 5.91 Å². The molecule has 0 unspecified atom stereocenters. The van der Waals surface area contributed by atoms with Gasteiger partial charge in [0.1, 0.15) is 12.4 Å². The van der Waals surface area contributed by atoms with E-state index in [0.29, 0.717) is 35.1 Å². The Balaban J connectivity index is 2.14. The summed E-state index contributed by atoms with van der Waals surface area (Å²) in [6.45, 7) is 4.03. The Morgan fingerprint density at radius 3 is 2.48 bits per heavy atom. The maximum absolute atomic E-state index is 12.4. The highest BCUT2D eigenvalue weighted by Crippen LogP contribution is 2.31. The Morgan fingerprint density at radius 2 is 1.87 bits per heavy atom. The summed E-state index contributed by atoms with van der Waals surface area (Å²) in [5.74, 6) is 1.34. The summed E-state index contributed by atoms with van der Waals surface area (Å²) in [5, 5.41) is 2.82. The number of para-hydroxylation sites is 1. The van der Waals surface area contributed by atoms with Crippen LogP contribution in [0.25, 0.3) is 0 Å². The Morgan fingerprint density at radius 1 is 1.13 bits per heavy atom. The van der Waals surface area contributed by atoms with E-state index in [1.807, 2.05) is 0 Å². The number of hydrogen-bond donors (Lipinski definition) is 1. The normalized spacial score (nSPS) is 9.83. The number of methoxy groups -OCH3 is 2. The first-order valence-corrected chi connectivity index (χ1v) is 7.05. The molecule has 0 atom stereocenters. The number of carbonyl (C=O) groups is 1.